The van der Waals surface area contributed by atoms with Crippen LogP contribution in [-0.4, -0.2) is 41.4 Å². The van der Waals surface area contributed by atoms with E-state index in [0.717, 1.165) is 16.4 Å². The Balaban J connectivity index is 2.24. The molecule has 0 spiro atoms. The van der Waals surface area contributed by atoms with E-state index in [0.29, 0.717) is 18.9 Å². The molecule has 0 radical (unpaired) electrons. The Hall–Kier alpha value is -1.58. The maximum Gasteiger partial charge on any atom is 0.272 e. The topological polar surface area (TPSA) is 101 Å². The molecule has 7 nitrogen and oxygen atoms in total. The summed E-state index contributed by atoms with van der Waals surface area (Å²) in [7, 11) is -4.09. The summed E-state index contributed by atoms with van der Waals surface area (Å²) in [6, 6.07) is 2.39. The molecule has 21 heavy (non-hydrogen) atoms. The number of hydrogen-bond acceptors (Lipinski definition) is 5. The van der Waals surface area contributed by atoms with Crippen LogP contribution in [0.25, 0.3) is 0 Å². The number of rotatable bonds is 5. The van der Waals surface area contributed by atoms with Crippen LogP contribution in [0.3, 0.4) is 0 Å². The van der Waals surface area contributed by atoms with Crippen molar-refractivity contribution >= 4 is 15.7 Å². The second-order valence-electron chi connectivity index (χ2n) is 5.12. The third kappa shape index (κ3) is 2.89. The van der Waals surface area contributed by atoms with E-state index < -0.39 is 36.9 Å². The van der Waals surface area contributed by atoms with E-state index in [-0.39, 0.29) is 13.1 Å². The summed E-state index contributed by atoms with van der Waals surface area (Å²) in [5.41, 5.74) is -1.59. The molecule has 1 heterocycles. The molecule has 1 aromatic rings. The summed E-state index contributed by atoms with van der Waals surface area (Å²) >= 11 is 0. The number of halogens is 1. The molecule has 0 aromatic heterocycles. The van der Waals surface area contributed by atoms with Gasteiger partial charge in [-0.2, -0.15) is 4.31 Å². The molecular formula is C12H15FN2O5S. The summed E-state index contributed by atoms with van der Waals surface area (Å²) < 4.78 is 39.2. The highest BCUT2D eigenvalue weighted by atomic mass is 32.2. The lowest BCUT2D eigenvalue weighted by atomic mass is 9.92. The van der Waals surface area contributed by atoms with Crippen LogP contribution in [0.2, 0.25) is 0 Å². The van der Waals surface area contributed by atoms with Gasteiger partial charge in [-0.15, -0.1) is 0 Å². The van der Waals surface area contributed by atoms with Gasteiger partial charge in [0.25, 0.3) is 5.69 Å². The fraction of sp³-hybridized carbons (Fsp3) is 0.500. The van der Waals surface area contributed by atoms with Crippen molar-refractivity contribution in [3.8, 4) is 0 Å². The molecule has 2 rings (SSSR count). The number of aliphatic hydroxyl groups is 1. The molecule has 116 valence electrons. The molecule has 0 unspecified atom stereocenters. The largest absolute Gasteiger partial charge is 0.387 e. The summed E-state index contributed by atoms with van der Waals surface area (Å²) in [4.78, 5) is 9.10. The molecular weight excluding hydrogens is 303 g/mol. The number of non-ortho nitro benzene ring substituents is 1. The number of hydrogen-bond donors (Lipinski definition) is 1. The van der Waals surface area contributed by atoms with Crippen LogP contribution < -0.4 is 0 Å². The third-order valence-electron chi connectivity index (χ3n) is 3.40. The number of nitro groups is 1. The Bertz CT molecular complexity index is 670. The van der Waals surface area contributed by atoms with Gasteiger partial charge in [-0.25, -0.2) is 12.8 Å². The minimum atomic E-state index is -4.09. The first-order valence-corrected chi connectivity index (χ1v) is 7.80. The fourth-order valence-electron chi connectivity index (χ4n) is 2.36. The van der Waals surface area contributed by atoms with E-state index >= 15 is 0 Å². The van der Waals surface area contributed by atoms with Gasteiger partial charge in [0.2, 0.25) is 10.0 Å². The highest BCUT2D eigenvalue weighted by molar-refractivity contribution is 7.89. The zero-order valence-corrected chi connectivity index (χ0v) is 12.1. The van der Waals surface area contributed by atoms with E-state index in [1.165, 1.54) is 0 Å². The molecule has 9 heteroatoms. The molecule has 0 aliphatic carbocycles. The maximum absolute atomic E-state index is 13.8. The van der Waals surface area contributed by atoms with E-state index in [4.69, 9.17) is 0 Å². The van der Waals surface area contributed by atoms with Crippen molar-refractivity contribution in [2.45, 2.75) is 30.3 Å². The number of benzene rings is 1. The van der Waals surface area contributed by atoms with E-state index in [2.05, 4.69) is 0 Å². The second-order valence-corrected chi connectivity index (χ2v) is 7.03. The van der Waals surface area contributed by atoms with E-state index in [9.17, 15) is 28.0 Å². The average molecular weight is 318 g/mol. The zero-order valence-electron chi connectivity index (χ0n) is 11.3. The number of nitrogens with zero attached hydrogens (tertiary/aromatic N) is 2. The first-order chi connectivity index (χ1) is 9.69. The smallest absolute Gasteiger partial charge is 0.272 e. The maximum atomic E-state index is 13.8. The molecule has 1 N–H and O–H groups in total. The number of β-amino-alcohol motifs (C(OH)–C–C–N with tert-alkyl or cyclic N) is 1. The second kappa shape index (κ2) is 5.32. The van der Waals surface area contributed by atoms with Crippen LogP contribution in [0.1, 0.15) is 19.8 Å². The average Bonchev–Trinajstić information content (AvgIpc) is 2.35. The molecule has 1 saturated heterocycles. The van der Waals surface area contributed by atoms with Gasteiger partial charge in [-0.3, -0.25) is 10.1 Å². The first kappa shape index (κ1) is 15.8. The lowest BCUT2D eigenvalue weighted by molar-refractivity contribution is -0.385. The standard InChI is InChI=1S/C12H15FN2O5S/c1-2-5-12(16)7-14(8-12)21(19,20)11-4-3-9(15(17)18)6-10(11)13/h3-4,6,16H,2,5,7-8H2,1H3. The molecule has 0 bridgehead atoms. The predicted molar refractivity (Wildman–Crippen MR) is 71.7 cm³/mol. The summed E-state index contributed by atoms with van der Waals surface area (Å²) in [6.45, 7) is 1.67. The lowest BCUT2D eigenvalue weighted by Crippen LogP contribution is -2.63. The molecule has 1 aliphatic heterocycles. The van der Waals surface area contributed by atoms with Crippen molar-refractivity contribution in [1.82, 2.24) is 4.31 Å². The number of sulfonamides is 1. The van der Waals surface area contributed by atoms with E-state index in [1.54, 1.807) is 0 Å². The first-order valence-electron chi connectivity index (χ1n) is 6.36. The summed E-state index contributed by atoms with van der Waals surface area (Å²) in [5, 5.41) is 20.5. The van der Waals surface area contributed by atoms with Crippen LogP contribution in [0.5, 0.6) is 0 Å². The van der Waals surface area contributed by atoms with Gasteiger partial charge in [-0.05, 0) is 12.5 Å². The van der Waals surface area contributed by atoms with Crippen molar-refractivity contribution < 1.29 is 22.8 Å². The van der Waals surface area contributed by atoms with Gasteiger partial charge in [0.05, 0.1) is 16.6 Å². The quantitative estimate of drug-likeness (QED) is 0.651. The van der Waals surface area contributed by atoms with Gasteiger partial charge in [0.1, 0.15) is 10.7 Å². The Labute approximate surface area is 121 Å². The van der Waals surface area contributed by atoms with Crippen molar-refractivity contribution in [3.63, 3.8) is 0 Å². The molecule has 1 aliphatic rings. The Morgan fingerprint density at radius 2 is 2.10 bits per heavy atom. The normalized spacial score (nSPS) is 18.2. The molecule has 0 atom stereocenters. The summed E-state index contributed by atoms with van der Waals surface area (Å²) in [6.07, 6.45) is 1.16. The molecule has 1 fully saturated rings. The minimum Gasteiger partial charge on any atom is -0.387 e. The van der Waals surface area contributed by atoms with Gasteiger partial charge < -0.3 is 5.11 Å². The molecule has 1 aromatic carbocycles. The van der Waals surface area contributed by atoms with Gasteiger partial charge in [0.15, 0.2) is 0 Å². The molecule has 0 saturated carbocycles. The minimum absolute atomic E-state index is 0.0976. The van der Waals surface area contributed by atoms with Gasteiger partial charge in [-0.1, -0.05) is 13.3 Å². The molecule has 0 amide bonds. The van der Waals surface area contributed by atoms with Crippen LogP contribution in [-0.2, 0) is 10.0 Å². The van der Waals surface area contributed by atoms with Crippen LogP contribution in [0.4, 0.5) is 10.1 Å². The third-order valence-corrected chi connectivity index (χ3v) is 5.23. The fourth-order valence-corrected chi connectivity index (χ4v) is 4.00. The van der Waals surface area contributed by atoms with Crippen molar-refractivity contribution in [2.24, 2.45) is 0 Å². The van der Waals surface area contributed by atoms with Crippen LogP contribution in [0, 0.1) is 15.9 Å². The lowest BCUT2D eigenvalue weighted by Gasteiger charge is -2.45. The number of nitro benzene ring substituents is 1. The van der Waals surface area contributed by atoms with Crippen molar-refractivity contribution in [2.75, 3.05) is 13.1 Å². The highest BCUT2D eigenvalue weighted by Crippen LogP contribution is 2.32. The Kier molecular flexibility index (Phi) is 4.00. The zero-order chi connectivity index (χ0) is 15.8. The Morgan fingerprint density at radius 3 is 2.57 bits per heavy atom. The monoisotopic (exact) mass is 318 g/mol. The van der Waals surface area contributed by atoms with Gasteiger partial charge in [0, 0.05) is 19.2 Å². The summed E-state index contributed by atoms with van der Waals surface area (Å²) in [5.74, 6) is -1.17. The predicted octanol–water partition coefficient (Wildman–Crippen LogP) is 1.27. The van der Waals surface area contributed by atoms with E-state index in [1.807, 2.05) is 6.92 Å². The van der Waals surface area contributed by atoms with Crippen molar-refractivity contribution in [3.05, 3.63) is 34.1 Å². The Morgan fingerprint density at radius 1 is 1.48 bits per heavy atom. The van der Waals surface area contributed by atoms with Gasteiger partial charge >= 0.3 is 0 Å². The van der Waals surface area contributed by atoms with Crippen LogP contribution >= 0.6 is 0 Å². The van der Waals surface area contributed by atoms with Crippen LogP contribution in [0.15, 0.2) is 23.1 Å². The SMILES string of the molecule is CCCC1(O)CN(S(=O)(=O)c2ccc([N+](=O)[O-])cc2F)C1. The van der Waals surface area contributed by atoms with Crippen molar-refractivity contribution in [1.29, 1.82) is 0 Å². The highest BCUT2D eigenvalue weighted by Gasteiger charge is 2.47.